The van der Waals surface area contributed by atoms with Gasteiger partial charge in [-0.15, -0.1) is 0 Å². The third kappa shape index (κ3) is 6.02. The van der Waals surface area contributed by atoms with Crippen molar-refractivity contribution in [1.29, 1.82) is 0 Å². The van der Waals surface area contributed by atoms with E-state index < -0.39 is 9.84 Å². The van der Waals surface area contributed by atoms with Crippen molar-refractivity contribution in [2.45, 2.75) is 19.9 Å². The summed E-state index contributed by atoms with van der Waals surface area (Å²) in [5.74, 6) is 0.255. The lowest BCUT2D eigenvalue weighted by molar-refractivity contribution is 0.281. The minimum Gasteiger partial charge on any atom is -0.399 e. The standard InChI is InChI=1S/C13H22N2O2S/c1-3-15(9-4-10-18(2,16)17)11-12-5-7-13(14)8-6-12/h5-8H,3-4,9-11,14H2,1-2H3. The fraction of sp³-hybridized carbons (Fsp3) is 0.538. The summed E-state index contributed by atoms with van der Waals surface area (Å²) in [7, 11) is -2.85. The van der Waals surface area contributed by atoms with Crippen LogP contribution in [0.5, 0.6) is 0 Å². The number of hydrogen-bond donors (Lipinski definition) is 1. The van der Waals surface area contributed by atoms with Crippen LogP contribution in [0.4, 0.5) is 5.69 Å². The lowest BCUT2D eigenvalue weighted by atomic mass is 10.2. The van der Waals surface area contributed by atoms with E-state index in [4.69, 9.17) is 5.73 Å². The third-order valence-corrected chi connectivity index (χ3v) is 3.85. The number of nitrogens with zero attached hydrogens (tertiary/aromatic N) is 1. The van der Waals surface area contributed by atoms with Crippen LogP contribution in [0, 0.1) is 0 Å². The summed E-state index contributed by atoms with van der Waals surface area (Å²) in [6.07, 6.45) is 1.96. The van der Waals surface area contributed by atoms with Crippen molar-refractivity contribution < 1.29 is 8.42 Å². The van der Waals surface area contributed by atoms with E-state index in [0.29, 0.717) is 6.42 Å². The highest BCUT2D eigenvalue weighted by Gasteiger charge is 2.06. The molecule has 5 heteroatoms. The lowest BCUT2D eigenvalue weighted by Gasteiger charge is -2.20. The molecule has 0 fully saturated rings. The van der Waals surface area contributed by atoms with Gasteiger partial charge in [0.25, 0.3) is 0 Å². The molecule has 1 aromatic rings. The first-order valence-corrected chi connectivity index (χ1v) is 8.21. The molecule has 0 saturated carbocycles. The molecule has 2 N–H and O–H groups in total. The molecule has 0 radical (unpaired) electrons. The Morgan fingerprint density at radius 3 is 2.33 bits per heavy atom. The number of hydrogen-bond acceptors (Lipinski definition) is 4. The van der Waals surface area contributed by atoms with Gasteiger partial charge in [0.1, 0.15) is 9.84 Å². The maximum Gasteiger partial charge on any atom is 0.147 e. The van der Waals surface area contributed by atoms with Gasteiger partial charge in [0.05, 0.1) is 5.75 Å². The number of rotatable bonds is 7. The molecule has 4 nitrogen and oxygen atoms in total. The van der Waals surface area contributed by atoms with Gasteiger partial charge >= 0.3 is 0 Å². The quantitative estimate of drug-likeness (QED) is 0.763. The first kappa shape index (κ1) is 15.0. The van der Waals surface area contributed by atoms with Crippen LogP contribution in [0.3, 0.4) is 0 Å². The van der Waals surface area contributed by atoms with Gasteiger partial charge in [-0.3, -0.25) is 4.90 Å². The number of benzene rings is 1. The fourth-order valence-corrected chi connectivity index (χ4v) is 2.43. The second-order valence-electron chi connectivity index (χ2n) is 4.59. The van der Waals surface area contributed by atoms with E-state index in [-0.39, 0.29) is 5.75 Å². The molecule has 102 valence electrons. The summed E-state index contributed by atoms with van der Waals surface area (Å²) in [5.41, 5.74) is 7.60. The first-order chi connectivity index (χ1) is 8.40. The fourth-order valence-electron chi connectivity index (χ4n) is 1.78. The van der Waals surface area contributed by atoms with Crippen molar-refractivity contribution in [1.82, 2.24) is 4.90 Å². The van der Waals surface area contributed by atoms with Crippen LogP contribution in [0.2, 0.25) is 0 Å². The molecule has 0 spiro atoms. The van der Waals surface area contributed by atoms with E-state index in [1.54, 1.807) is 0 Å². The molecule has 0 aliphatic heterocycles. The van der Waals surface area contributed by atoms with Crippen molar-refractivity contribution in [3.63, 3.8) is 0 Å². The van der Waals surface area contributed by atoms with Crippen molar-refractivity contribution in [3.8, 4) is 0 Å². The molecule has 0 amide bonds. The molecular formula is C13H22N2O2S. The summed E-state index contributed by atoms with van der Waals surface area (Å²) in [4.78, 5) is 2.23. The average molecular weight is 270 g/mol. The number of sulfone groups is 1. The van der Waals surface area contributed by atoms with Crippen LogP contribution in [-0.4, -0.2) is 38.4 Å². The SMILES string of the molecule is CCN(CCCS(C)(=O)=O)Cc1ccc(N)cc1. The van der Waals surface area contributed by atoms with E-state index >= 15 is 0 Å². The monoisotopic (exact) mass is 270 g/mol. The summed E-state index contributed by atoms with van der Waals surface area (Å²) in [5, 5.41) is 0. The molecule has 0 aliphatic rings. The zero-order valence-corrected chi connectivity index (χ0v) is 11.9. The van der Waals surface area contributed by atoms with Gasteiger partial charge in [0.2, 0.25) is 0 Å². The van der Waals surface area contributed by atoms with Crippen LogP contribution in [0.1, 0.15) is 18.9 Å². The highest BCUT2D eigenvalue weighted by Crippen LogP contribution is 2.09. The summed E-state index contributed by atoms with van der Waals surface area (Å²) in [6, 6.07) is 7.79. The second kappa shape index (κ2) is 6.75. The molecule has 0 atom stereocenters. The predicted molar refractivity (Wildman–Crippen MR) is 76.1 cm³/mol. The van der Waals surface area contributed by atoms with Crippen LogP contribution in [0.15, 0.2) is 24.3 Å². The van der Waals surface area contributed by atoms with Gasteiger partial charge in [0, 0.05) is 18.5 Å². The Labute approximate surface area is 110 Å². The van der Waals surface area contributed by atoms with Gasteiger partial charge < -0.3 is 5.73 Å². The molecule has 0 aliphatic carbocycles. The molecule has 0 unspecified atom stereocenters. The normalized spacial score (nSPS) is 11.9. The van der Waals surface area contributed by atoms with Gasteiger partial charge in [-0.25, -0.2) is 8.42 Å². The largest absolute Gasteiger partial charge is 0.399 e. The zero-order valence-electron chi connectivity index (χ0n) is 11.1. The van der Waals surface area contributed by atoms with Crippen LogP contribution < -0.4 is 5.73 Å². The second-order valence-corrected chi connectivity index (χ2v) is 6.85. The van der Waals surface area contributed by atoms with Crippen molar-refractivity contribution in [2.24, 2.45) is 0 Å². The molecule has 18 heavy (non-hydrogen) atoms. The number of anilines is 1. The Morgan fingerprint density at radius 1 is 1.22 bits per heavy atom. The Hall–Kier alpha value is -1.07. The molecule has 0 heterocycles. The summed E-state index contributed by atoms with van der Waals surface area (Å²) >= 11 is 0. The Balaban J connectivity index is 2.44. The van der Waals surface area contributed by atoms with E-state index in [9.17, 15) is 8.42 Å². The molecule has 0 bridgehead atoms. The number of nitrogen functional groups attached to an aromatic ring is 1. The van der Waals surface area contributed by atoms with E-state index in [2.05, 4.69) is 11.8 Å². The van der Waals surface area contributed by atoms with Crippen molar-refractivity contribution in [2.75, 3.05) is 30.8 Å². The van der Waals surface area contributed by atoms with E-state index in [1.165, 1.54) is 11.8 Å². The minimum absolute atomic E-state index is 0.255. The Kier molecular flexibility index (Phi) is 5.62. The zero-order chi connectivity index (χ0) is 13.6. The maximum absolute atomic E-state index is 11.1. The van der Waals surface area contributed by atoms with Crippen LogP contribution in [0.25, 0.3) is 0 Å². The third-order valence-electron chi connectivity index (χ3n) is 2.82. The van der Waals surface area contributed by atoms with Crippen molar-refractivity contribution in [3.05, 3.63) is 29.8 Å². The highest BCUT2D eigenvalue weighted by molar-refractivity contribution is 7.90. The smallest absolute Gasteiger partial charge is 0.147 e. The number of nitrogens with two attached hydrogens (primary N) is 1. The summed E-state index contributed by atoms with van der Waals surface area (Å²) < 4.78 is 22.1. The highest BCUT2D eigenvalue weighted by atomic mass is 32.2. The average Bonchev–Trinajstić information content (AvgIpc) is 2.29. The van der Waals surface area contributed by atoms with E-state index in [1.807, 2.05) is 24.3 Å². The molecular weight excluding hydrogens is 248 g/mol. The molecule has 1 aromatic carbocycles. The maximum atomic E-state index is 11.1. The van der Waals surface area contributed by atoms with Gasteiger partial charge in [-0.2, -0.15) is 0 Å². The predicted octanol–water partition coefficient (Wildman–Crippen LogP) is 1.53. The van der Waals surface area contributed by atoms with Crippen molar-refractivity contribution >= 4 is 15.5 Å². The molecule has 0 saturated heterocycles. The van der Waals surface area contributed by atoms with E-state index in [0.717, 1.165) is 25.3 Å². The van der Waals surface area contributed by atoms with Crippen LogP contribution >= 0.6 is 0 Å². The van der Waals surface area contributed by atoms with Gasteiger partial charge in [0.15, 0.2) is 0 Å². The van der Waals surface area contributed by atoms with Crippen LogP contribution in [-0.2, 0) is 16.4 Å². The Morgan fingerprint density at radius 2 is 1.83 bits per heavy atom. The summed E-state index contributed by atoms with van der Waals surface area (Å²) in [6.45, 7) is 4.63. The topological polar surface area (TPSA) is 63.4 Å². The molecule has 1 rings (SSSR count). The Bertz CT molecular complexity index is 454. The van der Waals surface area contributed by atoms with Gasteiger partial charge in [-0.1, -0.05) is 19.1 Å². The molecule has 0 aromatic heterocycles. The first-order valence-electron chi connectivity index (χ1n) is 6.15. The lowest BCUT2D eigenvalue weighted by Crippen LogP contribution is -2.25. The van der Waals surface area contributed by atoms with Gasteiger partial charge in [-0.05, 0) is 37.2 Å². The minimum atomic E-state index is -2.85.